The molecule has 4 rings (SSSR count). The lowest BCUT2D eigenvalue weighted by Crippen LogP contribution is -2.37. The molecule has 0 unspecified atom stereocenters. The molecule has 1 aromatic carbocycles. The van der Waals surface area contributed by atoms with Gasteiger partial charge in [0.2, 0.25) is 0 Å². The number of fused-ring (bicyclic) bond motifs is 1. The van der Waals surface area contributed by atoms with Crippen LogP contribution in [-0.4, -0.2) is 47.3 Å². The van der Waals surface area contributed by atoms with E-state index in [0.717, 1.165) is 50.7 Å². The average Bonchev–Trinajstić information content (AvgIpc) is 3.05. The quantitative estimate of drug-likeness (QED) is 0.649. The number of aryl methyl sites for hydroxylation is 2. The van der Waals surface area contributed by atoms with Gasteiger partial charge in [0.05, 0.1) is 18.7 Å². The standard InChI is InChI=1S/C24H31N3O/c1-17(2)23-16-27(21-13-18(3)25-19(4)14-21)24-6-5-20(15-22(23)24)7-8-26-9-11-28-12-10-26/h5-6,13-17H,7-12H2,1-4H3. The van der Waals surface area contributed by atoms with Crippen LogP contribution in [-0.2, 0) is 11.2 Å². The maximum atomic E-state index is 5.46. The number of ether oxygens (including phenoxy) is 1. The van der Waals surface area contributed by atoms with Crippen LogP contribution in [0.3, 0.4) is 0 Å². The van der Waals surface area contributed by atoms with Crippen LogP contribution in [0.1, 0.15) is 42.3 Å². The summed E-state index contributed by atoms with van der Waals surface area (Å²) in [6, 6.07) is 11.3. The zero-order valence-corrected chi connectivity index (χ0v) is 17.5. The van der Waals surface area contributed by atoms with Crippen molar-refractivity contribution in [3.05, 3.63) is 59.0 Å². The molecule has 0 aliphatic carbocycles. The third-order valence-corrected chi connectivity index (χ3v) is 5.69. The highest BCUT2D eigenvalue weighted by Crippen LogP contribution is 2.31. The molecule has 4 heteroatoms. The number of rotatable bonds is 5. The Kier molecular flexibility index (Phi) is 5.51. The molecule has 4 nitrogen and oxygen atoms in total. The van der Waals surface area contributed by atoms with Crippen LogP contribution < -0.4 is 0 Å². The maximum Gasteiger partial charge on any atom is 0.0594 e. The molecule has 3 heterocycles. The number of pyridine rings is 1. The lowest BCUT2D eigenvalue weighted by Gasteiger charge is -2.26. The van der Waals surface area contributed by atoms with Gasteiger partial charge in [0.15, 0.2) is 0 Å². The molecule has 1 saturated heterocycles. The van der Waals surface area contributed by atoms with Crippen LogP contribution in [0.15, 0.2) is 36.5 Å². The Balaban J connectivity index is 1.68. The SMILES string of the molecule is Cc1cc(-n2cc(C(C)C)c3cc(CCN4CCOCC4)ccc32)cc(C)n1. The van der Waals surface area contributed by atoms with Crippen molar-refractivity contribution >= 4 is 10.9 Å². The molecule has 0 spiro atoms. The molecule has 0 radical (unpaired) electrons. The predicted octanol–water partition coefficient (Wildman–Crippen LogP) is 4.64. The zero-order valence-electron chi connectivity index (χ0n) is 17.5. The Morgan fingerprint density at radius 1 is 1.04 bits per heavy atom. The first kappa shape index (κ1) is 19.2. The number of hydrogen-bond acceptors (Lipinski definition) is 3. The topological polar surface area (TPSA) is 30.3 Å². The Hall–Kier alpha value is -2.17. The summed E-state index contributed by atoms with van der Waals surface area (Å²) in [5.74, 6) is 0.488. The average molecular weight is 378 g/mol. The van der Waals surface area contributed by atoms with E-state index in [2.05, 4.69) is 78.7 Å². The van der Waals surface area contributed by atoms with Crippen molar-refractivity contribution in [3.63, 3.8) is 0 Å². The molecule has 28 heavy (non-hydrogen) atoms. The van der Waals surface area contributed by atoms with Crippen LogP contribution in [0.2, 0.25) is 0 Å². The van der Waals surface area contributed by atoms with Gasteiger partial charge < -0.3 is 9.30 Å². The van der Waals surface area contributed by atoms with Crippen LogP contribution >= 0.6 is 0 Å². The van der Waals surface area contributed by atoms with E-state index in [1.807, 2.05) is 0 Å². The summed E-state index contributed by atoms with van der Waals surface area (Å²) in [5.41, 5.74) is 7.43. The molecule has 0 amide bonds. The lowest BCUT2D eigenvalue weighted by molar-refractivity contribution is 0.0384. The fourth-order valence-corrected chi connectivity index (χ4v) is 4.20. The summed E-state index contributed by atoms with van der Waals surface area (Å²) in [6.07, 6.45) is 3.40. The summed E-state index contributed by atoms with van der Waals surface area (Å²) in [6.45, 7) is 13.6. The van der Waals surface area contributed by atoms with Gasteiger partial charge in [-0.15, -0.1) is 0 Å². The minimum Gasteiger partial charge on any atom is -0.379 e. The second-order valence-electron chi connectivity index (χ2n) is 8.27. The maximum absolute atomic E-state index is 5.46. The van der Waals surface area contributed by atoms with Gasteiger partial charge in [-0.25, -0.2) is 0 Å². The first-order valence-electron chi connectivity index (χ1n) is 10.4. The van der Waals surface area contributed by atoms with E-state index in [1.54, 1.807) is 0 Å². The van der Waals surface area contributed by atoms with Crippen molar-refractivity contribution in [2.45, 2.75) is 40.0 Å². The second kappa shape index (κ2) is 8.06. The van der Waals surface area contributed by atoms with Crippen LogP contribution in [0.4, 0.5) is 0 Å². The highest BCUT2D eigenvalue weighted by molar-refractivity contribution is 5.87. The monoisotopic (exact) mass is 377 g/mol. The van der Waals surface area contributed by atoms with E-state index >= 15 is 0 Å². The van der Waals surface area contributed by atoms with Gasteiger partial charge in [0.1, 0.15) is 0 Å². The van der Waals surface area contributed by atoms with E-state index in [4.69, 9.17) is 4.74 Å². The van der Waals surface area contributed by atoms with Gasteiger partial charge in [-0.3, -0.25) is 9.88 Å². The van der Waals surface area contributed by atoms with Crippen molar-refractivity contribution in [1.29, 1.82) is 0 Å². The highest BCUT2D eigenvalue weighted by Gasteiger charge is 2.15. The molecule has 0 atom stereocenters. The normalized spacial score (nSPS) is 15.6. The van der Waals surface area contributed by atoms with Crippen LogP contribution in [0.5, 0.6) is 0 Å². The molecule has 0 bridgehead atoms. The fourth-order valence-electron chi connectivity index (χ4n) is 4.20. The van der Waals surface area contributed by atoms with Crippen LogP contribution in [0, 0.1) is 13.8 Å². The van der Waals surface area contributed by atoms with Crippen molar-refractivity contribution in [2.24, 2.45) is 0 Å². The molecule has 148 valence electrons. The third-order valence-electron chi connectivity index (χ3n) is 5.69. The van der Waals surface area contributed by atoms with Gasteiger partial charge in [-0.05, 0) is 61.6 Å². The third kappa shape index (κ3) is 3.98. The van der Waals surface area contributed by atoms with Gasteiger partial charge in [-0.2, -0.15) is 0 Å². The molecular formula is C24H31N3O. The van der Waals surface area contributed by atoms with Gasteiger partial charge in [-0.1, -0.05) is 19.9 Å². The predicted molar refractivity (Wildman–Crippen MR) is 116 cm³/mol. The van der Waals surface area contributed by atoms with E-state index in [9.17, 15) is 0 Å². The zero-order chi connectivity index (χ0) is 19.7. The summed E-state index contributed by atoms with van der Waals surface area (Å²) in [7, 11) is 0. The molecule has 1 aliphatic rings. The van der Waals surface area contributed by atoms with Crippen molar-refractivity contribution in [1.82, 2.24) is 14.5 Å². The number of benzene rings is 1. The summed E-state index contributed by atoms with van der Waals surface area (Å²) in [5, 5.41) is 1.38. The summed E-state index contributed by atoms with van der Waals surface area (Å²) in [4.78, 5) is 7.04. The van der Waals surface area contributed by atoms with Crippen molar-refractivity contribution < 1.29 is 4.74 Å². The molecule has 2 aromatic heterocycles. The second-order valence-corrected chi connectivity index (χ2v) is 8.27. The van der Waals surface area contributed by atoms with E-state index in [0.29, 0.717) is 5.92 Å². The lowest BCUT2D eigenvalue weighted by atomic mass is 10.0. The van der Waals surface area contributed by atoms with E-state index in [-0.39, 0.29) is 0 Å². The molecular weight excluding hydrogens is 346 g/mol. The summed E-state index contributed by atoms with van der Waals surface area (Å²) >= 11 is 0. The Morgan fingerprint density at radius 3 is 2.43 bits per heavy atom. The number of nitrogens with zero attached hydrogens (tertiary/aromatic N) is 3. The Morgan fingerprint density at radius 2 is 1.75 bits per heavy atom. The molecule has 0 N–H and O–H groups in total. The van der Waals surface area contributed by atoms with Gasteiger partial charge in [0, 0.05) is 48.3 Å². The first-order chi connectivity index (χ1) is 13.5. The smallest absolute Gasteiger partial charge is 0.0594 e. The number of hydrogen-bond donors (Lipinski definition) is 0. The molecule has 0 saturated carbocycles. The minimum absolute atomic E-state index is 0.488. The molecule has 1 fully saturated rings. The Labute approximate surface area is 168 Å². The van der Waals surface area contributed by atoms with Crippen molar-refractivity contribution in [3.8, 4) is 5.69 Å². The van der Waals surface area contributed by atoms with Crippen molar-refractivity contribution in [2.75, 3.05) is 32.8 Å². The largest absolute Gasteiger partial charge is 0.379 e. The van der Waals surface area contributed by atoms with Gasteiger partial charge in [0.25, 0.3) is 0 Å². The van der Waals surface area contributed by atoms with E-state index < -0.39 is 0 Å². The molecule has 3 aromatic rings. The number of aromatic nitrogens is 2. The number of morpholine rings is 1. The highest BCUT2D eigenvalue weighted by atomic mass is 16.5. The van der Waals surface area contributed by atoms with E-state index in [1.165, 1.54) is 27.7 Å². The van der Waals surface area contributed by atoms with Crippen LogP contribution in [0.25, 0.3) is 16.6 Å². The minimum atomic E-state index is 0.488. The first-order valence-corrected chi connectivity index (χ1v) is 10.4. The summed E-state index contributed by atoms with van der Waals surface area (Å²) < 4.78 is 7.80. The Bertz CT molecular complexity index is 947. The molecule has 1 aliphatic heterocycles. The van der Waals surface area contributed by atoms with Gasteiger partial charge >= 0.3 is 0 Å². The fraction of sp³-hybridized carbons (Fsp3) is 0.458.